The van der Waals surface area contributed by atoms with Gasteiger partial charge in [0.05, 0.1) is 13.2 Å². The molecule has 0 atom stereocenters. The van der Waals surface area contributed by atoms with Gasteiger partial charge in [0.25, 0.3) is 5.56 Å². The number of nitrogens with two attached hydrogens (primary N) is 1. The van der Waals surface area contributed by atoms with Crippen molar-refractivity contribution in [2.24, 2.45) is 0 Å². The molecule has 1 aromatic rings. The van der Waals surface area contributed by atoms with Crippen LogP contribution >= 0.6 is 0 Å². The Labute approximate surface area is 112 Å². The normalized spacial score (nSPS) is 10.8. The molecule has 108 valence electrons. The maximum Gasteiger partial charge on any atom is 0.331 e. The first-order valence-corrected chi connectivity index (χ1v) is 6.79. The highest BCUT2D eigenvalue weighted by molar-refractivity contribution is 5.30. The predicted octanol–water partition coefficient (Wildman–Crippen LogP) is 0.819. The van der Waals surface area contributed by atoms with Crippen molar-refractivity contribution in [1.82, 2.24) is 9.13 Å². The molecule has 0 fully saturated rings. The second-order valence-corrected chi connectivity index (χ2v) is 4.48. The number of aromatic nitrogens is 2. The number of nitrogen functional groups attached to an aromatic ring is 1. The smallest absolute Gasteiger partial charge is 0.331 e. The van der Waals surface area contributed by atoms with Crippen molar-refractivity contribution in [3.8, 4) is 0 Å². The van der Waals surface area contributed by atoms with Crippen LogP contribution in [0, 0.1) is 0 Å². The molecule has 0 saturated carbocycles. The number of anilines is 1. The molecule has 0 unspecified atom stereocenters. The van der Waals surface area contributed by atoms with Gasteiger partial charge in [-0.05, 0) is 12.8 Å². The Morgan fingerprint density at radius 2 is 1.89 bits per heavy atom. The number of unbranched alkanes of at least 4 members (excludes halogenated alkanes) is 1. The summed E-state index contributed by atoms with van der Waals surface area (Å²) in [5.41, 5.74) is 4.98. The van der Waals surface area contributed by atoms with Crippen LogP contribution in [0.25, 0.3) is 0 Å². The molecular formula is C13H23N3O3. The van der Waals surface area contributed by atoms with Gasteiger partial charge >= 0.3 is 5.69 Å². The van der Waals surface area contributed by atoms with Crippen molar-refractivity contribution in [2.75, 3.05) is 18.9 Å². The van der Waals surface area contributed by atoms with Crippen LogP contribution in [0.4, 0.5) is 5.69 Å². The monoisotopic (exact) mass is 269 g/mol. The molecule has 0 aliphatic rings. The summed E-state index contributed by atoms with van der Waals surface area (Å²) in [5, 5.41) is 0. The molecule has 1 aromatic heterocycles. The third kappa shape index (κ3) is 4.24. The summed E-state index contributed by atoms with van der Waals surface area (Å²) in [6, 6.07) is 0. The van der Waals surface area contributed by atoms with Crippen LogP contribution in [-0.4, -0.2) is 22.3 Å². The van der Waals surface area contributed by atoms with E-state index in [-0.39, 0.29) is 17.9 Å². The van der Waals surface area contributed by atoms with Crippen LogP contribution in [-0.2, 0) is 17.8 Å². The fourth-order valence-corrected chi connectivity index (χ4v) is 1.78. The minimum atomic E-state index is -0.434. The van der Waals surface area contributed by atoms with Gasteiger partial charge in [0.2, 0.25) is 0 Å². The summed E-state index contributed by atoms with van der Waals surface area (Å²) in [6.45, 7) is 5.85. The second-order valence-electron chi connectivity index (χ2n) is 4.48. The Bertz CT molecular complexity index is 505. The number of nitrogens with zero attached hydrogens (tertiary/aromatic N) is 2. The standard InChI is InChI=1S/C13H23N3O3/c1-3-5-8-19-9-7-16-12(17)11(14)10-15(6-4-2)13(16)18/h10H,3-9,14H2,1-2H3. The molecule has 1 rings (SSSR count). The molecule has 0 aliphatic heterocycles. The van der Waals surface area contributed by atoms with Crippen LogP contribution in [0.2, 0.25) is 0 Å². The number of ether oxygens (including phenoxy) is 1. The van der Waals surface area contributed by atoms with E-state index >= 15 is 0 Å². The molecule has 6 heteroatoms. The number of rotatable bonds is 8. The fourth-order valence-electron chi connectivity index (χ4n) is 1.78. The summed E-state index contributed by atoms with van der Waals surface area (Å²) in [6.07, 6.45) is 4.26. The molecule has 0 saturated heterocycles. The van der Waals surface area contributed by atoms with E-state index in [1.165, 1.54) is 10.8 Å². The fraction of sp³-hybridized carbons (Fsp3) is 0.692. The molecule has 0 bridgehead atoms. The van der Waals surface area contributed by atoms with Crippen LogP contribution < -0.4 is 17.0 Å². The lowest BCUT2D eigenvalue weighted by Gasteiger charge is -2.11. The maximum absolute atomic E-state index is 12.1. The lowest BCUT2D eigenvalue weighted by Crippen LogP contribution is -2.41. The Balaban J connectivity index is 2.81. The topological polar surface area (TPSA) is 79.2 Å². The molecule has 0 spiro atoms. The van der Waals surface area contributed by atoms with E-state index in [4.69, 9.17) is 10.5 Å². The minimum absolute atomic E-state index is 0.0987. The van der Waals surface area contributed by atoms with Gasteiger partial charge in [-0.1, -0.05) is 20.3 Å². The lowest BCUT2D eigenvalue weighted by molar-refractivity contribution is 0.121. The van der Waals surface area contributed by atoms with Gasteiger partial charge in [-0.3, -0.25) is 13.9 Å². The highest BCUT2D eigenvalue weighted by atomic mass is 16.5. The average Bonchev–Trinajstić information content (AvgIpc) is 2.39. The Hall–Kier alpha value is -1.56. The van der Waals surface area contributed by atoms with Gasteiger partial charge in [0.1, 0.15) is 5.69 Å². The largest absolute Gasteiger partial charge is 0.393 e. The van der Waals surface area contributed by atoms with Crippen molar-refractivity contribution in [2.45, 2.75) is 46.2 Å². The Kier molecular flexibility index (Phi) is 6.35. The zero-order chi connectivity index (χ0) is 14.3. The maximum atomic E-state index is 12.1. The molecule has 0 aliphatic carbocycles. The number of aryl methyl sites for hydroxylation is 1. The summed E-state index contributed by atoms with van der Waals surface area (Å²) in [5.74, 6) is 0. The molecule has 0 amide bonds. The van der Waals surface area contributed by atoms with Crippen LogP contribution in [0.15, 0.2) is 15.8 Å². The molecular weight excluding hydrogens is 246 g/mol. The number of hydrogen-bond acceptors (Lipinski definition) is 4. The average molecular weight is 269 g/mol. The summed E-state index contributed by atoms with van der Waals surface area (Å²) in [7, 11) is 0. The van der Waals surface area contributed by atoms with E-state index in [0.29, 0.717) is 19.8 Å². The summed E-state index contributed by atoms with van der Waals surface area (Å²) in [4.78, 5) is 23.9. The van der Waals surface area contributed by atoms with Gasteiger partial charge in [0, 0.05) is 19.3 Å². The zero-order valence-corrected chi connectivity index (χ0v) is 11.7. The minimum Gasteiger partial charge on any atom is -0.393 e. The molecule has 19 heavy (non-hydrogen) atoms. The molecule has 2 N–H and O–H groups in total. The lowest BCUT2D eigenvalue weighted by atomic mass is 10.4. The Morgan fingerprint density at radius 1 is 1.16 bits per heavy atom. The van der Waals surface area contributed by atoms with Gasteiger partial charge < -0.3 is 10.5 Å². The SMILES string of the molecule is CCCCOCCn1c(=O)c(N)cn(CCC)c1=O. The molecule has 6 nitrogen and oxygen atoms in total. The predicted molar refractivity (Wildman–Crippen MR) is 75.4 cm³/mol. The summed E-state index contributed by atoms with van der Waals surface area (Å²) >= 11 is 0. The Morgan fingerprint density at radius 3 is 2.53 bits per heavy atom. The first-order chi connectivity index (χ1) is 9.11. The third-order valence-electron chi connectivity index (χ3n) is 2.83. The van der Waals surface area contributed by atoms with E-state index in [2.05, 4.69) is 6.92 Å². The van der Waals surface area contributed by atoms with Crippen LogP contribution in [0.3, 0.4) is 0 Å². The van der Waals surface area contributed by atoms with Crippen LogP contribution in [0.5, 0.6) is 0 Å². The molecule has 1 heterocycles. The van der Waals surface area contributed by atoms with Crippen molar-refractivity contribution in [3.63, 3.8) is 0 Å². The van der Waals surface area contributed by atoms with E-state index in [1.54, 1.807) is 0 Å². The third-order valence-corrected chi connectivity index (χ3v) is 2.83. The number of hydrogen-bond donors (Lipinski definition) is 1. The van der Waals surface area contributed by atoms with Crippen LogP contribution in [0.1, 0.15) is 33.1 Å². The van der Waals surface area contributed by atoms with Crippen molar-refractivity contribution in [1.29, 1.82) is 0 Å². The quantitative estimate of drug-likeness (QED) is 0.709. The van der Waals surface area contributed by atoms with Gasteiger partial charge in [-0.2, -0.15) is 0 Å². The molecule has 0 aromatic carbocycles. The first-order valence-electron chi connectivity index (χ1n) is 6.79. The molecule has 0 radical (unpaired) electrons. The van der Waals surface area contributed by atoms with Gasteiger partial charge in [0.15, 0.2) is 0 Å². The van der Waals surface area contributed by atoms with Crippen molar-refractivity contribution < 1.29 is 4.74 Å². The van der Waals surface area contributed by atoms with Crippen molar-refractivity contribution in [3.05, 3.63) is 27.0 Å². The second kappa shape index (κ2) is 7.78. The van der Waals surface area contributed by atoms with Gasteiger partial charge in [-0.15, -0.1) is 0 Å². The van der Waals surface area contributed by atoms with E-state index in [1.807, 2.05) is 6.92 Å². The first kappa shape index (κ1) is 15.5. The highest BCUT2D eigenvalue weighted by Crippen LogP contribution is 1.93. The van der Waals surface area contributed by atoms with E-state index in [0.717, 1.165) is 23.8 Å². The summed E-state index contributed by atoms with van der Waals surface area (Å²) < 4.78 is 8.00. The van der Waals surface area contributed by atoms with Gasteiger partial charge in [-0.25, -0.2) is 4.79 Å². The van der Waals surface area contributed by atoms with E-state index in [9.17, 15) is 9.59 Å². The van der Waals surface area contributed by atoms with E-state index < -0.39 is 5.56 Å². The van der Waals surface area contributed by atoms with Crippen molar-refractivity contribution >= 4 is 5.69 Å². The highest BCUT2D eigenvalue weighted by Gasteiger charge is 2.08. The zero-order valence-electron chi connectivity index (χ0n) is 11.7.